The van der Waals surface area contributed by atoms with Crippen LogP contribution in [0, 0.1) is 0 Å². The first-order chi connectivity index (χ1) is 14.7. The highest BCUT2D eigenvalue weighted by atomic mass is 32.2. The SMILES string of the molecule is CC1COCCN1c1nc(-c2cccc3[nH]ccc23)nc2c1CN(S(C)(=O)=O)C2(C)C. The fourth-order valence-corrected chi connectivity index (χ4v) is 6.07. The molecule has 31 heavy (non-hydrogen) atoms. The van der Waals surface area contributed by atoms with E-state index in [2.05, 4.69) is 16.8 Å². The number of rotatable bonds is 3. The van der Waals surface area contributed by atoms with Gasteiger partial charge < -0.3 is 14.6 Å². The number of morpholine rings is 1. The summed E-state index contributed by atoms with van der Waals surface area (Å²) in [5.74, 6) is 1.42. The van der Waals surface area contributed by atoms with Crippen molar-refractivity contribution in [3.63, 3.8) is 0 Å². The van der Waals surface area contributed by atoms with Crippen molar-refractivity contribution in [1.29, 1.82) is 0 Å². The molecule has 0 amide bonds. The van der Waals surface area contributed by atoms with Crippen LogP contribution in [0.4, 0.5) is 5.82 Å². The van der Waals surface area contributed by atoms with Gasteiger partial charge in [0.25, 0.3) is 0 Å². The van der Waals surface area contributed by atoms with Gasteiger partial charge in [-0.15, -0.1) is 0 Å². The summed E-state index contributed by atoms with van der Waals surface area (Å²) in [5, 5.41) is 1.04. The van der Waals surface area contributed by atoms with Crippen LogP contribution < -0.4 is 4.90 Å². The van der Waals surface area contributed by atoms with Gasteiger partial charge in [0.2, 0.25) is 10.0 Å². The van der Waals surface area contributed by atoms with Gasteiger partial charge >= 0.3 is 0 Å². The molecule has 1 aromatic carbocycles. The summed E-state index contributed by atoms with van der Waals surface area (Å²) < 4.78 is 32.4. The second kappa shape index (κ2) is 7.01. The summed E-state index contributed by atoms with van der Waals surface area (Å²) >= 11 is 0. The Morgan fingerprint density at radius 2 is 2.03 bits per heavy atom. The predicted octanol–water partition coefficient (Wildman–Crippen LogP) is 2.86. The number of sulfonamides is 1. The highest BCUT2D eigenvalue weighted by Gasteiger charge is 2.46. The van der Waals surface area contributed by atoms with Crippen LogP contribution in [0.5, 0.6) is 0 Å². The molecule has 0 bridgehead atoms. The van der Waals surface area contributed by atoms with E-state index in [0.717, 1.165) is 33.5 Å². The maximum Gasteiger partial charge on any atom is 0.212 e. The first-order valence-corrected chi connectivity index (χ1v) is 12.3. The molecule has 4 heterocycles. The molecular weight excluding hydrogens is 414 g/mol. The van der Waals surface area contributed by atoms with Crippen molar-refractivity contribution in [2.24, 2.45) is 0 Å². The standard InChI is InChI=1S/C22H27N5O3S/c1-14-13-30-11-10-26(14)21-17-12-27(31(4,28)29)22(2,3)19(17)24-20(25-21)16-6-5-7-18-15(16)8-9-23-18/h5-9,14,23H,10-13H2,1-4H3. The molecule has 1 N–H and O–H groups in total. The first-order valence-electron chi connectivity index (χ1n) is 10.5. The molecule has 0 spiro atoms. The Morgan fingerprint density at radius 3 is 2.77 bits per heavy atom. The monoisotopic (exact) mass is 441 g/mol. The molecule has 9 heteroatoms. The van der Waals surface area contributed by atoms with Gasteiger partial charge in [-0.25, -0.2) is 18.4 Å². The van der Waals surface area contributed by atoms with Crippen molar-refractivity contribution in [3.05, 3.63) is 41.7 Å². The average Bonchev–Trinajstić information content (AvgIpc) is 3.30. The van der Waals surface area contributed by atoms with Crippen molar-refractivity contribution < 1.29 is 13.2 Å². The lowest BCUT2D eigenvalue weighted by Crippen LogP contribution is -2.44. The van der Waals surface area contributed by atoms with E-state index in [9.17, 15) is 8.42 Å². The van der Waals surface area contributed by atoms with Gasteiger partial charge in [0.05, 0.1) is 36.7 Å². The number of nitrogens with zero attached hydrogens (tertiary/aromatic N) is 4. The van der Waals surface area contributed by atoms with Gasteiger partial charge in [0, 0.05) is 41.3 Å². The third-order valence-electron chi connectivity index (χ3n) is 6.37. The van der Waals surface area contributed by atoms with E-state index < -0.39 is 15.6 Å². The Morgan fingerprint density at radius 1 is 1.23 bits per heavy atom. The highest BCUT2D eigenvalue weighted by Crippen LogP contribution is 2.44. The third kappa shape index (κ3) is 3.22. The Labute approximate surface area is 182 Å². The predicted molar refractivity (Wildman–Crippen MR) is 120 cm³/mol. The van der Waals surface area contributed by atoms with Crippen LogP contribution in [-0.2, 0) is 26.8 Å². The fourth-order valence-electron chi connectivity index (χ4n) is 4.80. The summed E-state index contributed by atoms with van der Waals surface area (Å²) in [6, 6.07) is 8.17. The summed E-state index contributed by atoms with van der Waals surface area (Å²) in [5.41, 5.74) is 2.83. The quantitative estimate of drug-likeness (QED) is 0.672. The Kier molecular flexibility index (Phi) is 4.62. The Bertz CT molecular complexity index is 1270. The molecule has 8 nitrogen and oxygen atoms in total. The van der Waals surface area contributed by atoms with Crippen molar-refractivity contribution in [2.75, 3.05) is 30.9 Å². The third-order valence-corrected chi connectivity index (χ3v) is 7.75. The van der Waals surface area contributed by atoms with Crippen molar-refractivity contribution >= 4 is 26.7 Å². The summed E-state index contributed by atoms with van der Waals surface area (Å²) in [7, 11) is -3.42. The molecule has 2 aromatic heterocycles. The van der Waals surface area contributed by atoms with Gasteiger partial charge in [0.15, 0.2) is 5.82 Å². The van der Waals surface area contributed by atoms with E-state index in [4.69, 9.17) is 14.7 Å². The zero-order chi connectivity index (χ0) is 22.0. The number of anilines is 1. The Hall–Kier alpha value is -2.49. The molecule has 3 aromatic rings. The molecule has 0 radical (unpaired) electrons. The number of H-pyrrole nitrogens is 1. The highest BCUT2D eigenvalue weighted by molar-refractivity contribution is 7.88. The second-order valence-corrected chi connectivity index (χ2v) is 10.8. The number of aromatic nitrogens is 3. The number of nitrogens with one attached hydrogen (secondary N) is 1. The van der Waals surface area contributed by atoms with Crippen LogP contribution in [0.25, 0.3) is 22.3 Å². The minimum atomic E-state index is -3.42. The van der Waals surface area contributed by atoms with Gasteiger partial charge in [-0.3, -0.25) is 0 Å². The van der Waals surface area contributed by atoms with Crippen LogP contribution in [0.15, 0.2) is 30.5 Å². The molecule has 1 saturated heterocycles. The van der Waals surface area contributed by atoms with Gasteiger partial charge in [-0.05, 0) is 32.9 Å². The van der Waals surface area contributed by atoms with E-state index in [1.807, 2.05) is 44.3 Å². The largest absolute Gasteiger partial charge is 0.377 e. The van der Waals surface area contributed by atoms with Crippen LogP contribution >= 0.6 is 0 Å². The van der Waals surface area contributed by atoms with Gasteiger partial charge in [-0.1, -0.05) is 12.1 Å². The molecular formula is C22H27N5O3S. The molecule has 2 aliphatic heterocycles. The van der Waals surface area contributed by atoms with Crippen LogP contribution in [0.2, 0.25) is 0 Å². The number of hydrogen-bond donors (Lipinski definition) is 1. The normalized spacial score (nSPS) is 21.5. The van der Waals surface area contributed by atoms with Crippen LogP contribution in [0.3, 0.4) is 0 Å². The fraction of sp³-hybridized carbons (Fsp3) is 0.455. The van der Waals surface area contributed by atoms with Crippen LogP contribution in [-0.4, -0.2) is 59.7 Å². The number of fused-ring (bicyclic) bond motifs is 2. The lowest BCUT2D eigenvalue weighted by Gasteiger charge is -2.35. The topological polar surface area (TPSA) is 91.4 Å². The second-order valence-electron chi connectivity index (χ2n) is 8.89. The minimum absolute atomic E-state index is 0.138. The van der Waals surface area contributed by atoms with Crippen molar-refractivity contribution in [3.8, 4) is 11.4 Å². The van der Waals surface area contributed by atoms with Crippen molar-refractivity contribution in [1.82, 2.24) is 19.3 Å². The summed E-state index contributed by atoms with van der Waals surface area (Å²) in [6.07, 6.45) is 3.16. The van der Waals surface area contributed by atoms with E-state index in [1.54, 1.807) is 0 Å². The number of benzene rings is 1. The zero-order valence-electron chi connectivity index (χ0n) is 18.2. The molecule has 1 unspecified atom stereocenters. The molecule has 164 valence electrons. The number of ether oxygens (including phenoxy) is 1. The summed E-state index contributed by atoms with van der Waals surface area (Å²) in [6.45, 7) is 8.15. The van der Waals surface area contributed by atoms with Crippen LogP contribution in [0.1, 0.15) is 32.0 Å². The molecule has 0 aliphatic carbocycles. The smallest absolute Gasteiger partial charge is 0.212 e. The minimum Gasteiger partial charge on any atom is -0.377 e. The van der Waals surface area contributed by atoms with Gasteiger partial charge in [-0.2, -0.15) is 4.31 Å². The Balaban J connectivity index is 1.76. The number of hydrogen-bond acceptors (Lipinski definition) is 6. The molecule has 0 saturated carbocycles. The average molecular weight is 442 g/mol. The lowest BCUT2D eigenvalue weighted by atomic mass is 10.00. The molecule has 2 aliphatic rings. The van der Waals surface area contributed by atoms with Crippen molar-refractivity contribution in [2.45, 2.75) is 38.9 Å². The molecule has 1 fully saturated rings. The maximum absolute atomic E-state index is 12.6. The van der Waals surface area contributed by atoms with E-state index in [1.165, 1.54) is 10.6 Å². The van der Waals surface area contributed by atoms with E-state index in [-0.39, 0.29) is 12.6 Å². The lowest BCUT2D eigenvalue weighted by molar-refractivity contribution is 0.0984. The maximum atomic E-state index is 12.6. The zero-order valence-corrected chi connectivity index (χ0v) is 19.0. The summed E-state index contributed by atoms with van der Waals surface area (Å²) in [4.78, 5) is 15.5. The van der Waals surface area contributed by atoms with Gasteiger partial charge in [0.1, 0.15) is 5.82 Å². The molecule has 1 atom stereocenters. The first kappa shape index (κ1) is 20.4. The number of aromatic amines is 1. The molecule has 5 rings (SSSR count). The van der Waals surface area contributed by atoms with E-state index >= 15 is 0 Å². The van der Waals surface area contributed by atoms with E-state index in [0.29, 0.717) is 25.6 Å².